The first-order chi connectivity index (χ1) is 7.15. The molecule has 0 aliphatic rings. The summed E-state index contributed by atoms with van der Waals surface area (Å²) < 4.78 is 5.22. The maximum Gasteiger partial charge on any atom is 0.191 e. The molecule has 2 N–H and O–H groups in total. The van der Waals surface area contributed by atoms with Gasteiger partial charge in [-0.15, -0.1) is 0 Å². The number of hydrogen-bond acceptors (Lipinski definition) is 2. The van der Waals surface area contributed by atoms with Crippen LogP contribution in [0.15, 0.2) is 21.7 Å². The van der Waals surface area contributed by atoms with Crippen molar-refractivity contribution < 1.29 is 4.42 Å². The number of nitrogens with zero attached hydrogens (tertiary/aromatic N) is 2. The Bertz CT molecular complexity index is 330. The molecule has 84 valence electrons. The molecular weight excluding hydrogens is 190 g/mol. The van der Waals surface area contributed by atoms with Gasteiger partial charge in [0.1, 0.15) is 5.76 Å². The lowest BCUT2D eigenvalue weighted by atomic mass is 10.2. The van der Waals surface area contributed by atoms with Gasteiger partial charge in [0, 0.05) is 25.7 Å². The Morgan fingerprint density at radius 3 is 2.87 bits per heavy atom. The number of aryl methyl sites for hydroxylation is 1. The number of guanidine groups is 1. The number of aliphatic imine (C=N–C) groups is 1. The summed E-state index contributed by atoms with van der Waals surface area (Å²) in [7, 11) is 1.93. The van der Waals surface area contributed by atoms with E-state index in [0.29, 0.717) is 5.96 Å². The Morgan fingerprint density at radius 1 is 1.60 bits per heavy atom. The summed E-state index contributed by atoms with van der Waals surface area (Å²) in [5.74, 6) is 1.52. The normalized spacial score (nSPS) is 11.8. The molecule has 1 aromatic rings. The molecular formula is C11H19N3O. The van der Waals surface area contributed by atoms with Gasteiger partial charge < -0.3 is 15.1 Å². The van der Waals surface area contributed by atoms with Crippen molar-refractivity contribution in [1.29, 1.82) is 0 Å². The molecule has 0 bridgehead atoms. The smallest absolute Gasteiger partial charge is 0.191 e. The molecule has 0 amide bonds. The van der Waals surface area contributed by atoms with Crippen molar-refractivity contribution in [2.24, 2.45) is 10.7 Å². The maximum absolute atomic E-state index is 5.82. The molecule has 1 rings (SSSR count). The zero-order valence-corrected chi connectivity index (χ0v) is 9.66. The Hall–Kier alpha value is -1.45. The molecule has 0 saturated heterocycles. The lowest BCUT2D eigenvalue weighted by Crippen LogP contribution is -2.33. The second-order valence-corrected chi connectivity index (χ2v) is 3.60. The molecule has 0 fully saturated rings. The summed E-state index contributed by atoms with van der Waals surface area (Å²) in [4.78, 5) is 6.17. The van der Waals surface area contributed by atoms with Gasteiger partial charge in [-0.3, -0.25) is 4.99 Å². The van der Waals surface area contributed by atoms with E-state index in [1.54, 1.807) is 6.26 Å². The molecule has 0 spiro atoms. The van der Waals surface area contributed by atoms with Crippen molar-refractivity contribution in [3.8, 4) is 0 Å². The Morgan fingerprint density at radius 2 is 2.33 bits per heavy atom. The van der Waals surface area contributed by atoms with Crippen molar-refractivity contribution in [2.75, 3.05) is 13.6 Å². The Balaban J connectivity index is 2.55. The molecule has 0 aliphatic heterocycles. The van der Waals surface area contributed by atoms with Crippen molar-refractivity contribution >= 4 is 5.96 Å². The molecule has 0 radical (unpaired) electrons. The van der Waals surface area contributed by atoms with Crippen LogP contribution in [0.5, 0.6) is 0 Å². The number of rotatable bonds is 4. The predicted octanol–water partition coefficient (Wildman–Crippen LogP) is 1.74. The molecule has 0 atom stereocenters. The third-order valence-corrected chi connectivity index (χ3v) is 2.26. The minimum atomic E-state index is 0.581. The summed E-state index contributed by atoms with van der Waals surface area (Å²) in [6, 6.07) is 1.96. The van der Waals surface area contributed by atoms with Gasteiger partial charge in [-0.1, -0.05) is 6.92 Å². The third-order valence-electron chi connectivity index (χ3n) is 2.26. The molecule has 1 aromatic heterocycles. The number of nitrogens with two attached hydrogens (primary N) is 1. The topological polar surface area (TPSA) is 54.8 Å². The summed E-state index contributed by atoms with van der Waals surface area (Å²) in [5.41, 5.74) is 6.96. The highest BCUT2D eigenvalue weighted by atomic mass is 16.3. The van der Waals surface area contributed by atoms with E-state index in [0.717, 1.165) is 30.8 Å². The van der Waals surface area contributed by atoms with Gasteiger partial charge in [0.25, 0.3) is 0 Å². The van der Waals surface area contributed by atoms with Gasteiger partial charge in [0.15, 0.2) is 5.96 Å². The van der Waals surface area contributed by atoms with Crippen LogP contribution in [-0.4, -0.2) is 24.5 Å². The van der Waals surface area contributed by atoms with Gasteiger partial charge >= 0.3 is 0 Å². The molecule has 4 heteroatoms. The van der Waals surface area contributed by atoms with Crippen LogP contribution in [0.2, 0.25) is 0 Å². The highest BCUT2D eigenvalue weighted by molar-refractivity contribution is 5.77. The van der Waals surface area contributed by atoms with Crippen LogP contribution in [-0.2, 0) is 6.54 Å². The van der Waals surface area contributed by atoms with Gasteiger partial charge in [-0.25, -0.2) is 0 Å². The fraction of sp³-hybridized carbons (Fsp3) is 0.545. The molecule has 15 heavy (non-hydrogen) atoms. The average molecular weight is 209 g/mol. The van der Waals surface area contributed by atoms with E-state index in [4.69, 9.17) is 10.2 Å². The zero-order chi connectivity index (χ0) is 11.3. The van der Waals surface area contributed by atoms with Crippen LogP contribution in [0.3, 0.4) is 0 Å². The molecule has 1 heterocycles. The molecule has 0 aliphatic carbocycles. The molecule has 0 saturated carbocycles. The van der Waals surface area contributed by atoms with Crippen molar-refractivity contribution in [1.82, 2.24) is 4.90 Å². The van der Waals surface area contributed by atoms with Crippen LogP contribution >= 0.6 is 0 Å². The average Bonchev–Trinajstić information content (AvgIpc) is 2.61. The predicted molar refractivity (Wildman–Crippen MR) is 61.7 cm³/mol. The minimum Gasteiger partial charge on any atom is -0.469 e. The van der Waals surface area contributed by atoms with Crippen molar-refractivity contribution in [3.63, 3.8) is 0 Å². The zero-order valence-electron chi connectivity index (χ0n) is 9.66. The van der Waals surface area contributed by atoms with Gasteiger partial charge in [-0.05, 0) is 19.4 Å². The second-order valence-electron chi connectivity index (χ2n) is 3.60. The summed E-state index contributed by atoms with van der Waals surface area (Å²) >= 11 is 0. The summed E-state index contributed by atoms with van der Waals surface area (Å²) in [6.45, 7) is 5.54. The lowest BCUT2D eigenvalue weighted by molar-refractivity contribution is 0.475. The van der Waals surface area contributed by atoms with Gasteiger partial charge in [0.2, 0.25) is 0 Å². The van der Waals surface area contributed by atoms with Crippen LogP contribution in [0.4, 0.5) is 0 Å². The third kappa shape index (κ3) is 3.31. The lowest BCUT2D eigenvalue weighted by Gasteiger charge is -2.17. The van der Waals surface area contributed by atoms with E-state index < -0.39 is 0 Å². The van der Waals surface area contributed by atoms with Gasteiger partial charge in [-0.2, -0.15) is 0 Å². The SMILES string of the molecule is CCCN=C(N)N(C)Cc1ccoc1C. The molecule has 4 nitrogen and oxygen atoms in total. The highest BCUT2D eigenvalue weighted by Gasteiger charge is 2.06. The van der Waals surface area contributed by atoms with E-state index in [-0.39, 0.29) is 0 Å². The van der Waals surface area contributed by atoms with Crippen molar-refractivity contribution in [3.05, 3.63) is 23.7 Å². The quantitative estimate of drug-likeness (QED) is 0.607. The van der Waals surface area contributed by atoms with Gasteiger partial charge in [0.05, 0.1) is 6.26 Å². The summed E-state index contributed by atoms with van der Waals surface area (Å²) in [5, 5.41) is 0. The van der Waals surface area contributed by atoms with Crippen molar-refractivity contribution in [2.45, 2.75) is 26.8 Å². The first-order valence-corrected chi connectivity index (χ1v) is 5.19. The van der Waals surface area contributed by atoms with Crippen LogP contribution in [0.1, 0.15) is 24.7 Å². The Labute approximate surface area is 90.8 Å². The first-order valence-electron chi connectivity index (χ1n) is 5.19. The fourth-order valence-corrected chi connectivity index (χ4v) is 1.26. The summed E-state index contributed by atoms with van der Waals surface area (Å²) in [6.07, 6.45) is 2.71. The van der Waals surface area contributed by atoms with E-state index >= 15 is 0 Å². The minimum absolute atomic E-state index is 0.581. The van der Waals surface area contributed by atoms with E-state index in [2.05, 4.69) is 11.9 Å². The van der Waals surface area contributed by atoms with E-state index in [1.165, 1.54) is 0 Å². The standard InChI is InChI=1S/C11H19N3O/c1-4-6-13-11(12)14(3)8-10-5-7-15-9(10)2/h5,7H,4,6,8H2,1-3H3,(H2,12,13). The second kappa shape index (κ2) is 5.44. The van der Waals surface area contributed by atoms with E-state index in [1.807, 2.05) is 24.9 Å². The maximum atomic E-state index is 5.82. The molecule has 0 unspecified atom stereocenters. The van der Waals surface area contributed by atoms with E-state index in [9.17, 15) is 0 Å². The largest absolute Gasteiger partial charge is 0.469 e. The monoisotopic (exact) mass is 209 g/mol. The first kappa shape index (κ1) is 11.6. The number of furan rings is 1. The molecule has 0 aromatic carbocycles. The number of hydrogen-bond donors (Lipinski definition) is 1. The highest BCUT2D eigenvalue weighted by Crippen LogP contribution is 2.10. The van der Waals surface area contributed by atoms with Crippen LogP contribution in [0, 0.1) is 6.92 Å². The fourth-order valence-electron chi connectivity index (χ4n) is 1.26. The van der Waals surface area contributed by atoms with Crippen LogP contribution < -0.4 is 5.73 Å². The van der Waals surface area contributed by atoms with Crippen LogP contribution in [0.25, 0.3) is 0 Å². The Kier molecular flexibility index (Phi) is 4.21.